The van der Waals surface area contributed by atoms with Gasteiger partial charge in [0.25, 0.3) is 0 Å². The quantitative estimate of drug-likeness (QED) is 0.278. The van der Waals surface area contributed by atoms with E-state index < -0.39 is 12.1 Å². The molecule has 4 aromatic rings. The van der Waals surface area contributed by atoms with Crippen LogP contribution >= 0.6 is 0 Å². The van der Waals surface area contributed by atoms with Crippen molar-refractivity contribution in [2.24, 2.45) is 0 Å². The predicted molar refractivity (Wildman–Crippen MR) is 122 cm³/mol. The second-order valence-electron chi connectivity index (χ2n) is 7.52. The van der Waals surface area contributed by atoms with Gasteiger partial charge in [0.15, 0.2) is 0 Å². The Hall–Kier alpha value is -3.78. The number of nitrogens with one attached hydrogen (secondary N) is 4. The van der Waals surface area contributed by atoms with Crippen LogP contribution in [0.25, 0.3) is 21.8 Å². The zero-order chi connectivity index (χ0) is 22.3. The molecule has 0 bridgehead atoms. The maximum absolute atomic E-state index is 12.6. The number of alkyl carbamates (subject to hydrolysis) is 1. The molecule has 0 saturated heterocycles. The molecule has 2 amide bonds. The highest BCUT2D eigenvalue weighted by atomic mass is 16.5. The molecule has 0 aliphatic carbocycles. The summed E-state index contributed by atoms with van der Waals surface area (Å²) in [5.74, 6) is -0.377. The Bertz CT molecular complexity index is 1210. The van der Waals surface area contributed by atoms with E-state index in [1.165, 1.54) is 0 Å². The van der Waals surface area contributed by atoms with Gasteiger partial charge in [-0.3, -0.25) is 4.79 Å². The summed E-state index contributed by atoms with van der Waals surface area (Å²) in [5.41, 5.74) is 3.96. The minimum Gasteiger partial charge on any atom is -0.449 e. The molecule has 0 spiro atoms. The number of hydrogen-bond acceptors (Lipinski definition) is 4. The minimum absolute atomic E-state index is 0.112. The largest absolute Gasteiger partial charge is 0.449 e. The lowest BCUT2D eigenvalue weighted by atomic mass is 10.0. The number of amides is 2. The number of aromatic nitrogens is 2. The van der Waals surface area contributed by atoms with Gasteiger partial charge in [0, 0.05) is 53.6 Å². The van der Waals surface area contributed by atoms with E-state index in [0.29, 0.717) is 12.8 Å². The molecule has 1 atom stereocenters. The molecule has 0 aliphatic rings. The average Bonchev–Trinajstić information content (AvgIpc) is 3.41. The van der Waals surface area contributed by atoms with E-state index in [1.807, 2.05) is 60.9 Å². The number of fused-ring (bicyclic) bond motifs is 2. The number of aliphatic hydroxyl groups excluding tert-OH is 1. The van der Waals surface area contributed by atoms with Crippen molar-refractivity contribution in [3.05, 3.63) is 72.1 Å². The Labute approximate surface area is 185 Å². The van der Waals surface area contributed by atoms with Crippen LogP contribution in [-0.2, 0) is 22.4 Å². The smallest absolute Gasteiger partial charge is 0.407 e. The van der Waals surface area contributed by atoms with Crippen molar-refractivity contribution in [3.8, 4) is 0 Å². The molecular formula is C24H26N4O4. The van der Waals surface area contributed by atoms with Gasteiger partial charge in [-0.25, -0.2) is 4.79 Å². The number of carbonyl (C=O) groups excluding carboxylic acids is 2. The molecule has 2 aromatic carbocycles. The maximum atomic E-state index is 12.6. The number of carbonyl (C=O) groups is 2. The van der Waals surface area contributed by atoms with Crippen LogP contribution in [0.3, 0.4) is 0 Å². The number of hydrogen-bond donors (Lipinski definition) is 5. The Morgan fingerprint density at radius 3 is 2.25 bits per heavy atom. The minimum atomic E-state index is -0.832. The number of rotatable bonds is 9. The van der Waals surface area contributed by atoms with Crippen LogP contribution in [0.2, 0.25) is 0 Å². The first-order valence-corrected chi connectivity index (χ1v) is 10.6. The molecule has 0 fully saturated rings. The van der Waals surface area contributed by atoms with Gasteiger partial charge < -0.3 is 30.4 Å². The third-order valence-corrected chi connectivity index (χ3v) is 5.40. The summed E-state index contributed by atoms with van der Waals surface area (Å²) in [6.45, 7) is 0.118. The maximum Gasteiger partial charge on any atom is 0.407 e. The number of H-pyrrole nitrogens is 2. The zero-order valence-electron chi connectivity index (χ0n) is 17.6. The van der Waals surface area contributed by atoms with E-state index in [4.69, 9.17) is 9.84 Å². The first-order valence-electron chi connectivity index (χ1n) is 10.6. The van der Waals surface area contributed by atoms with Gasteiger partial charge in [0.05, 0.1) is 13.2 Å². The molecule has 0 unspecified atom stereocenters. The number of ether oxygens (including phenoxy) is 1. The summed E-state index contributed by atoms with van der Waals surface area (Å²) < 4.78 is 5.35. The summed E-state index contributed by atoms with van der Waals surface area (Å²) >= 11 is 0. The summed E-state index contributed by atoms with van der Waals surface area (Å²) in [7, 11) is 0. The fourth-order valence-corrected chi connectivity index (χ4v) is 3.81. The van der Waals surface area contributed by atoms with Crippen molar-refractivity contribution in [1.82, 2.24) is 20.6 Å². The van der Waals surface area contributed by atoms with Crippen molar-refractivity contribution in [1.29, 1.82) is 0 Å². The monoisotopic (exact) mass is 434 g/mol. The Kier molecular flexibility index (Phi) is 6.72. The van der Waals surface area contributed by atoms with Crippen LogP contribution in [0.15, 0.2) is 60.9 Å². The highest BCUT2D eigenvalue weighted by molar-refractivity contribution is 5.88. The van der Waals surface area contributed by atoms with E-state index in [-0.39, 0.29) is 25.7 Å². The number of aromatic amines is 2. The highest BCUT2D eigenvalue weighted by Crippen LogP contribution is 2.20. The van der Waals surface area contributed by atoms with Gasteiger partial charge in [-0.05, 0) is 23.3 Å². The van der Waals surface area contributed by atoms with Crippen LogP contribution in [0.1, 0.15) is 11.1 Å². The summed E-state index contributed by atoms with van der Waals surface area (Å²) in [6.07, 6.45) is 3.93. The average molecular weight is 434 g/mol. The van der Waals surface area contributed by atoms with E-state index >= 15 is 0 Å². The number of aliphatic hydroxyl groups is 1. The van der Waals surface area contributed by atoms with Gasteiger partial charge in [-0.2, -0.15) is 0 Å². The summed E-state index contributed by atoms with van der Waals surface area (Å²) in [4.78, 5) is 31.4. The molecule has 32 heavy (non-hydrogen) atoms. The molecule has 0 aliphatic heterocycles. The third kappa shape index (κ3) is 4.92. The molecule has 8 heteroatoms. The van der Waals surface area contributed by atoms with Gasteiger partial charge in [-0.15, -0.1) is 0 Å². The zero-order valence-corrected chi connectivity index (χ0v) is 17.6. The molecule has 5 N–H and O–H groups in total. The van der Waals surface area contributed by atoms with Crippen molar-refractivity contribution in [2.75, 3.05) is 19.8 Å². The van der Waals surface area contributed by atoms with Gasteiger partial charge in [0.1, 0.15) is 6.04 Å². The highest BCUT2D eigenvalue weighted by Gasteiger charge is 2.23. The van der Waals surface area contributed by atoms with E-state index in [1.54, 1.807) is 0 Å². The van der Waals surface area contributed by atoms with Crippen LogP contribution in [-0.4, -0.2) is 52.9 Å². The lowest BCUT2D eigenvalue weighted by Crippen LogP contribution is -2.48. The Morgan fingerprint density at radius 1 is 0.938 bits per heavy atom. The topological polar surface area (TPSA) is 119 Å². The van der Waals surface area contributed by atoms with Gasteiger partial charge in [-0.1, -0.05) is 36.4 Å². The first kappa shape index (κ1) is 21.5. The SMILES string of the molecule is O=C(N[C@@H](Cc1c[nH]c2ccccc12)C(=O)NCCO)OCCc1c[nH]c2ccccc12. The predicted octanol–water partition coefficient (Wildman–Crippen LogP) is 2.64. The Balaban J connectivity index is 1.38. The van der Waals surface area contributed by atoms with E-state index in [2.05, 4.69) is 20.6 Å². The molecule has 2 heterocycles. The van der Waals surface area contributed by atoms with Crippen molar-refractivity contribution in [2.45, 2.75) is 18.9 Å². The first-order chi connectivity index (χ1) is 15.7. The molecule has 0 radical (unpaired) electrons. The summed E-state index contributed by atoms with van der Waals surface area (Å²) in [5, 5.41) is 16.4. The summed E-state index contributed by atoms with van der Waals surface area (Å²) in [6, 6.07) is 14.9. The second kappa shape index (κ2) is 10.0. The molecule has 166 valence electrons. The standard InChI is InChI=1S/C24H26N4O4/c29-11-10-25-23(30)22(13-17-15-27-21-8-4-2-6-19(17)21)28-24(31)32-12-9-16-14-26-20-7-3-1-5-18(16)20/h1-8,14-15,22,26-27,29H,9-13H2,(H,25,30)(H,28,31)/t22-/m0/s1. The second-order valence-corrected chi connectivity index (χ2v) is 7.52. The Morgan fingerprint density at radius 2 is 1.56 bits per heavy atom. The van der Waals surface area contributed by atoms with Crippen molar-refractivity contribution in [3.63, 3.8) is 0 Å². The normalized spacial score (nSPS) is 12.0. The van der Waals surface area contributed by atoms with Crippen LogP contribution < -0.4 is 10.6 Å². The third-order valence-electron chi connectivity index (χ3n) is 5.40. The van der Waals surface area contributed by atoms with Crippen molar-refractivity contribution >= 4 is 33.8 Å². The van der Waals surface area contributed by atoms with Gasteiger partial charge in [0.2, 0.25) is 5.91 Å². The molecular weight excluding hydrogens is 408 g/mol. The molecule has 2 aromatic heterocycles. The molecule has 8 nitrogen and oxygen atoms in total. The van der Waals surface area contributed by atoms with E-state index in [0.717, 1.165) is 32.9 Å². The number of para-hydroxylation sites is 2. The lowest BCUT2D eigenvalue weighted by molar-refractivity contribution is -0.123. The fraction of sp³-hybridized carbons (Fsp3) is 0.250. The lowest BCUT2D eigenvalue weighted by Gasteiger charge is -2.18. The number of benzene rings is 2. The van der Waals surface area contributed by atoms with Crippen molar-refractivity contribution < 1.29 is 19.4 Å². The fourth-order valence-electron chi connectivity index (χ4n) is 3.81. The molecule has 4 rings (SSSR count). The van der Waals surface area contributed by atoms with Crippen LogP contribution in [0.4, 0.5) is 4.79 Å². The van der Waals surface area contributed by atoms with Gasteiger partial charge >= 0.3 is 6.09 Å². The van der Waals surface area contributed by atoms with Crippen LogP contribution in [0, 0.1) is 0 Å². The van der Waals surface area contributed by atoms with E-state index in [9.17, 15) is 9.59 Å². The molecule has 0 saturated carbocycles. The van der Waals surface area contributed by atoms with Crippen LogP contribution in [0.5, 0.6) is 0 Å².